The van der Waals surface area contributed by atoms with E-state index in [-0.39, 0.29) is 0 Å². The minimum absolute atomic E-state index is 0.826. The van der Waals surface area contributed by atoms with Crippen molar-refractivity contribution >= 4 is 17.0 Å². The maximum absolute atomic E-state index is 4.93. The third-order valence-corrected chi connectivity index (χ3v) is 5.78. The predicted molar refractivity (Wildman–Crippen MR) is 117 cm³/mol. The van der Waals surface area contributed by atoms with E-state index < -0.39 is 20.8 Å². The fourth-order valence-electron chi connectivity index (χ4n) is 4.37. The van der Waals surface area contributed by atoms with Gasteiger partial charge in [-0.05, 0) is 78.1 Å². The van der Waals surface area contributed by atoms with Crippen molar-refractivity contribution < 1.29 is 20.8 Å². The summed E-state index contributed by atoms with van der Waals surface area (Å²) in [6.45, 7) is 8.91. The number of hydrogen-bond acceptors (Lipinski definition) is 0. The summed E-state index contributed by atoms with van der Waals surface area (Å²) in [4.78, 5) is 0. The summed E-state index contributed by atoms with van der Waals surface area (Å²) in [5.41, 5.74) is 5.59. The molecule has 0 N–H and O–H groups in total. The van der Waals surface area contributed by atoms with Crippen molar-refractivity contribution in [1.29, 1.82) is 0 Å². The van der Waals surface area contributed by atoms with Crippen molar-refractivity contribution in [3.63, 3.8) is 0 Å². The number of rotatable bonds is 4. The van der Waals surface area contributed by atoms with E-state index >= 15 is 0 Å². The summed E-state index contributed by atoms with van der Waals surface area (Å²) < 4.78 is 0. The number of hydrogen-bond donors (Lipinski definition) is 0. The van der Waals surface area contributed by atoms with Crippen molar-refractivity contribution in [2.45, 2.75) is 47.0 Å². The Balaban J connectivity index is 0.000000706. The summed E-state index contributed by atoms with van der Waals surface area (Å²) in [5.74, 6) is 8.86. The van der Waals surface area contributed by atoms with Crippen LogP contribution in [0.4, 0.5) is 0 Å². The second kappa shape index (κ2) is 10.6. The van der Waals surface area contributed by atoms with Crippen molar-refractivity contribution in [3.8, 4) is 0 Å². The molecule has 4 aliphatic carbocycles. The third-order valence-electron chi connectivity index (χ3n) is 5.78. The van der Waals surface area contributed by atoms with Crippen molar-refractivity contribution in [3.05, 3.63) is 108 Å². The Hall–Kier alpha value is 0.423. The Morgan fingerprint density at radius 3 is 1.36 bits per heavy atom. The fraction of sp³-hybridized carbons (Fsp3) is 0.280. The van der Waals surface area contributed by atoms with Crippen LogP contribution < -0.4 is 0 Å². The van der Waals surface area contributed by atoms with Crippen LogP contribution >= 0.6 is 17.0 Å². The molecule has 3 heteroatoms. The van der Waals surface area contributed by atoms with Gasteiger partial charge in [0.05, 0.1) is 0 Å². The van der Waals surface area contributed by atoms with Crippen LogP contribution in [0.2, 0.25) is 0 Å². The second-order valence-electron chi connectivity index (χ2n) is 7.62. The normalized spacial score (nSPS) is 24.5. The van der Waals surface area contributed by atoms with Crippen LogP contribution in [0, 0.1) is 61.2 Å². The molecule has 0 unspecified atom stereocenters. The molecule has 4 rings (SSSR count). The van der Waals surface area contributed by atoms with Crippen LogP contribution in [0.5, 0.6) is 0 Å². The van der Waals surface area contributed by atoms with Gasteiger partial charge in [0.15, 0.2) is 0 Å². The Labute approximate surface area is 191 Å². The Bertz CT molecular complexity index is 616. The molecule has 0 aliphatic heterocycles. The van der Waals surface area contributed by atoms with Crippen LogP contribution in [0.1, 0.15) is 47.0 Å². The van der Waals surface area contributed by atoms with Gasteiger partial charge in [0, 0.05) is 23.7 Å². The average molecular weight is 489 g/mol. The molecule has 2 saturated carbocycles. The third kappa shape index (κ3) is 5.00. The molecule has 0 atom stereocenters. The molecule has 142 valence electrons. The molecule has 0 amide bonds. The molecule has 0 spiro atoms. The Morgan fingerprint density at radius 2 is 0.964 bits per heavy atom. The van der Waals surface area contributed by atoms with Gasteiger partial charge in [-0.3, -0.25) is 0 Å². The van der Waals surface area contributed by atoms with Gasteiger partial charge in [-0.25, -0.2) is 0 Å². The van der Waals surface area contributed by atoms with Crippen LogP contribution in [-0.4, -0.2) is 0 Å². The van der Waals surface area contributed by atoms with Gasteiger partial charge < -0.3 is 0 Å². The zero-order valence-corrected chi connectivity index (χ0v) is 21.0. The van der Waals surface area contributed by atoms with E-state index in [1.807, 2.05) is 0 Å². The van der Waals surface area contributed by atoms with Gasteiger partial charge in [0.2, 0.25) is 0 Å². The molecule has 0 aromatic heterocycles. The predicted octanol–water partition coefficient (Wildman–Crippen LogP) is 7.64. The topological polar surface area (TPSA) is 0 Å². The van der Waals surface area contributed by atoms with Gasteiger partial charge in [0.25, 0.3) is 0 Å². The summed E-state index contributed by atoms with van der Waals surface area (Å²) in [6.07, 6.45) is 21.8. The number of halogens is 2. The van der Waals surface area contributed by atoms with E-state index in [4.69, 9.17) is 17.0 Å². The van der Waals surface area contributed by atoms with E-state index in [2.05, 4.69) is 77.7 Å². The monoisotopic (exact) mass is 486 g/mol. The van der Waals surface area contributed by atoms with Crippen LogP contribution in [0.3, 0.4) is 0 Å². The van der Waals surface area contributed by atoms with Gasteiger partial charge in [-0.15, -0.1) is 0 Å². The molecule has 0 nitrogen and oxygen atoms in total. The van der Waals surface area contributed by atoms with Gasteiger partial charge in [-0.2, -0.15) is 0 Å². The van der Waals surface area contributed by atoms with E-state index in [1.165, 1.54) is 64.2 Å². The zero-order valence-electron chi connectivity index (χ0n) is 17.0. The molecular formula is C25H26Cl2Zr+2. The summed E-state index contributed by atoms with van der Waals surface area (Å²) in [5, 5.41) is 0. The standard InChI is InChI=1S/C25H26.2ClH.Zr/c1-16-8-10-18(3)24-20(12-14-22(16)24)6-5-7-21-13-15-23-17(2)9-11-19(4)25(21)23;;;/h8-15H,5-7H2,1-4H3;2*1H;/q;;;+4/p-2. The van der Waals surface area contributed by atoms with E-state index in [0.717, 1.165) is 12.8 Å². The maximum atomic E-state index is 4.93. The number of allylic oxidation sites excluding steroid dienone is 8. The minimum atomic E-state index is -0.826. The van der Waals surface area contributed by atoms with Gasteiger partial charge in [-0.1, -0.05) is 53.0 Å². The van der Waals surface area contributed by atoms with Gasteiger partial charge >= 0.3 is 37.9 Å². The number of fused-ring (bicyclic) bond motifs is 2. The Kier molecular flexibility index (Phi) is 8.77. The molecule has 0 aromatic carbocycles. The van der Waals surface area contributed by atoms with E-state index in [0.29, 0.717) is 0 Å². The molecule has 4 aliphatic rings. The first-order valence-electron chi connectivity index (χ1n) is 9.73. The summed E-state index contributed by atoms with van der Waals surface area (Å²) >= 11 is -0.826. The van der Waals surface area contributed by atoms with Gasteiger partial charge in [0.1, 0.15) is 0 Å². The van der Waals surface area contributed by atoms with E-state index in [9.17, 15) is 0 Å². The SMILES string of the molecule is CC1=CC=C(C)[C]2[C](CCC[C]3[CH][CH][C]4[C]3C(C)=CC=C4C)[CH][CH][C]21.[Cl][Zr+2][Cl]. The zero-order chi connectivity index (χ0) is 20.3. The van der Waals surface area contributed by atoms with Crippen LogP contribution in [0.25, 0.3) is 0 Å². The van der Waals surface area contributed by atoms with Crippen molar-refractivity contribution in [2.24, 2.45) is 0 Å². The average Bonchev–Trinajstić information content (AvgIpc) is 3.28. The molecular weight excluding hydrogens is 462 g/mol. The van der Waals surface area contributed by atoms with Crippen LogP contribution in [-0.2, 0) is 20.8 Å². The quantitative estimate of drug-likeness (QED) is 0.382. The molecule has 0 aromatic rings. The first-order valence-corrected chi connectivity index (χ1v) is 16.1. The molecule has 28 heavy (non-hydrogen) atoms. The van der Waals surface area contributed by atoms with E-state index in [1.54, 1.807) is 0 Å². The first-order chi connectivity index (χ1) is 13.5. The molecule has 0 saturated heterocycles. The first kappa shape index (κ1) is 23.1. The summed E-state index contributed by atoms with van der Waals surface area (Å²) in [6, 6.07) is 0. The molecule has 2 fully saturated rings. The second-order valence-corrected chi connectivity index (χ2v) is 11.3. The molecule has 0 heterocycles. The molecule has 10 radical (unpaired) electrons. The molecule has 0 bridgehead atoms. The summed E-state index contributed by atoms with van der Waals surface area (Å²) in [7, 11) is 9.87. The van der Waals surface area contributed by atoms with Crippen molar-refractivity contribution in [1.82, 2.24) is 0 Å². The van der Waals surface area contributed by atoms with Crippen molar-refractivity contribution in [2.75, 3.05) is 0 Å². The Morgan fingerprint density at radius 1 is 0.607 bits per heavy atom. The fourth-order valence-corrected chi connectivity index (χ4v) is 4.37. The van der Waals surface area contributed by atoms with Crippen LogP contribution in [0.15, 0.2) is 46.6 Å².